The second kappa shape index (κ2) is 9.13. The van der Waals surface area contributed by atoms with Crippen molar-refractivity contribution < 1.29 is 9.53 Å². The molecule has 4 rings (SSSR count). The van der Waals surface area contributed by atoms with E-state index in [1.807, 2.05) is 36.4 Å². The Bertz CT molecular complexity index is 1020. The Kier molecular flexibility index (Phi) is 6.14. The molecule has 1 aliphatic rings. The molecule has 0 unspecified atom stereocenters. The average molecular weight is 423 g/mol. The molecule has 1 N–H and O–H groups in total. The highest BCUT2D eigenvalue weighted by molar-refractivity contribution is 6.32. The normalized spacial score (nSPS) is 14.4. The minimum atomic E-state index is -0.0439. The average Bonchev–Trinajstić information content (AvgIpc) is 2.80. The predicted octanol–water partition coefficient (Wildman–Crippen LogP) is 4.66. The summed E-state index contributed by atoms with van der Waals surface area (Å²) in [7, 11) is 1.56. The summed E-state index contributed by atoms with van der Waals surface area (Å²) in [4.78, 5) is 23.7. The number of halogens is 1. The summed E-state index contributed by atoms with van der Waals surface area (Å²) in [5.74, 6) is 1.45. The van der Waals surface area contributed by atoms with Gasteiger partial charge in [-0.1, -0.05) is 41.9 Å². The molecule has 6 nitrogen and oxygen atoms in total. The summed E-state index contributed by atoms with van der Waals surface area (Å²) in [6, 6.07) is 17.3. The van der Waals surface area contributed by atoms with Gasteiger partial charge in [0.25, 0.3) is 0 Å². The predicted molar refractivity (Wildman–Crippen MR) is 119 cm³/mol. The Morgan fingerprint density at radius 3 is 2.57 bits per heavy atom. The molecule has 30 heavy (non-hydrogen) atoms. The van der Waals surface area contributed by atoms with E-state index in [0.717, 1.165) is 43.0 Å². The molecule has 3 aromatic rings. The Hall–Kier alpha value is -3.12. The van der Waals surface area contributed by atoms with E-state index >= 15 is 0 Å². The third kappa shape index (κ3) is 4.54. The molecule has 2 heterocycles. The lowest BCUT2D eigenvalue weighted by Crippen LogP contribution is -2.38. The quantitative estimate of drug-likeness (QED) is 0.647. The van der Waals surface area contributed by atoms with E-state index in [0.29, 0.717) is 16.5 Å². The molecular weight excluding hydrogens is 400 g/mol. The number of amides is 1. The molecule has 0 aliphatic carbocycles. The molecule has 1 amide bonds. The summed E-state index contributed by atoms with van der Waals surface area (Å²) in [5, 5.41) is 3.44. The van der Waals surface area contributed by atoms with Crippen LogP contribution in [0.5, 0.6) is 5.75 Å². The van der Waals surface area contributed by atoms with Gasteiger partial charge in [-0.25, -0.2) is 9.97 Å². The van der Waals surface area contributed by atoms with Crippen LogP contribution < -0.4 is 15.0 Å². The van der Waals surface area contributed by atoms with E-state index in [1.165, 1.54) is 0 Å². The lowest BCUT2D eigenvalue weighted by atomic mass is 9.95. The maximum atomic E-state index is 12.7. The minimum absolute atomic E-state index is 0.0172. The Morgan fingerprint density at radius 1 is 1.10 bits per heavy atom. The van der Waals surface area contributed by atoms with Crippen LogP contribution in [0, 0.1) is 5.92 Å². The Morgan fingerprint density at radius 2 is 1.87 bits per heavy atom. The highest BCUT2D eigenvalue weighted by Crippen LogP contribution is 2.29. The smallest absolute Gasteiger partial charge is 0.227 e. The molecule has 0 radical (unpaired) electrons. The van der Waals surface area contributed by atoms with Crippen LogP contribution in [0.3, 0.4) is 0 Å². The van der Waals surface area contributed by atoms with Crippen LogP contribution in [-0.4, -0.2) is 36.1 Å². The van der Waals surface area contributed by atoms with Crippen molar-refractivity contribution >= 4 is 29.0 Å². The molecule has 7 heteroatoms. The van der Waals surface area contributed by atoms with Gasteiger partial charge >= 0.3 is 0 Å². The van der Waals surface area contributed by atoms with Gasteiger partial charge in [0.15, 0.2) is 0 Å². The third-order valence-electron chi connectivity index (χ3n) is 5.33. The van der Waals surface area contributed by atoms with E-state index in [9.17, 15) is 4.79 Å². The zero-order chi connectivity index (χ0) is 20.9. The number of anilines is 2. The van der Waals surface area contributed by atoms with Crippen molar-refractivity contribution in [3.63, 3.8) is 0 Å². The SMILES string of the molecule is COc1ccc(NC(=O)C2CCN(c3cc(-c4ccccc4)ncn3)CC2)cc1Cl. The first-order chi connectivity index (χ1) is 14.6. The second-order valence-electron chi connectivity index (χ2n) is 7.23. The van der Waals surface area contributed by atoms with E-state index in [2.05, 4.69) is 20.2 Å². The second-order valence-corrected chi connectivity index (χ2v) is 7.63. The lowest BCUT2D eigenvalue weighted by Gasteiger charge is -2.32. The maximum Gasteiger partial charge on any atom is 0.227 e. The van der Waals surface area contributed by atoms with Crippen LogP contribution in [0.1, 0.15) is 12.8 Å². The summed E-state index contributed by atoms with van der Waals surface area (Å²) >= 11 is 6.15. The first-order valence-corrected chi connectivity index (χ1v) is 10.3. The molecule has 1 fully saturated rings. The molecule has 0 bridgehead atoms. The molecular formula is C23H23ClN4O2. The van der Waals surface area contributed by atoms with Crippen LogP contribution in [0.15, 0.2) is 60.9 Å². The van der Waals surface area contributed by atoms with E-state index in [1.54, 1.807) is 31.6 Å². The first kappa shape index (κ1) is 20.2. The van der Waals surface area contributed by atoms with E-state index < -0.39 is 0 Å². The first-order valence-electron chi connectivity index (χ1n) is 9.91. The highest BCUT2D eigenvalue weighted by Gasteiger charge is 2.26. The molecule has 1 saturated heterocycles. The number of nitrogens with one attached hydrogen (secondary N) is 1. The van der Waals surface area contributed by atoms with Gasteiger partial charge in [-0.2, -0.15) is 0 Å². The van der Waals surface area contributed by atoms with Crippen LogP contribution >= 0.6 is 11.6 Å². The van der Waals surface area contributed by atoms with Gasteiger partial charge < -0.3 is 15.0 Å². The number of benzene rings is 2. The molecule has 0 atom stereocenters. The van der Waals surface area contributed by atoms with Crippen LogP contribution in [-0.2, 0) is 4.79 Å². The largest absolute Gasteiger partial charge is 0.495 e. The molecule has 2 aromatic carbocycles. The third-order valence-corrected chi connectivity index (χ3v) is 5.63. The summed E-state index contributed by atoms with van der Waals surface area (Å²) in [6.07, 6.45) is 3.13. The van der Waals surface area contributed by atoms with Crippen LogP contribution in [0.25, 0.3) is 11.3 Å². The fraction of sp³-hybridized carbons (Fsp3) is 0.261. The number of piperidine rings is 1. The Balaban J connectivity index is 1.37. The van der Waals surface area contributed by atoms with E-state index in [-0.39, 0.29) is 11.8 Å². The molecule has 1 aromatic heterocycles. The van der Waals surface area contributed by atoms with Gasteiger partial charge in [-0.15, -0.1) is 0 Å². The highest BCUT2D eigenvalue weighted by atomic mass is 35.5. The van der Waals surface area contributed by atoms with Crippen molar-refractivity contribution in [3.05, 3.63) is 65.9 Å². The topological polar surface area (TPSA) is 67.3 Å². The standard InChI is InChI=1S/C23H23ClN4O2/c1-30-21-8-7-18(13-19(21)24)27-23(29)17-9-11-28(12-10-17)22-14-20(25-15-26-22)16-5-3-2-4-6-16/h2-8,13-15,17H,9-12H2,1H3,(H,27,29). The molecule has 154 valence electrons. The molecule has 0 saturated carbocycles. The maximum absolute atomic E-state index is 12.7. The van der Waals surface area contributed by atoms with Gasteiger partial charge in [0.1, 0.15) is 17.9 Å². The number of methoxy groups -OCH3 is 1. The van der Waals surface area contributed by atoms with Crippen molar-refractivity contribution in [2.24, 2.45) is 5.92 Å². The van der Waals surface area contributed by atoms with Gasteiger partial charge in [-0.05, 0) is 31.0 Å². The number of rotatable bonds is 5. The van der Waals surface area contributed by atoms with Crippen LogP contribution in [0.4, 0.5) is 11.5 Å². The fourth-order valence-corrected chi connectivity index (χ4v) is 3.90. The van der Waals surface area contributed by atoms with E-state index in [4.69, 9.17) is 16.3 Å². The monoisotopic (exact) mass is 422 g/mol. The number of hydrogen-bond donors (Lipinski definition) is 1. The zero-order valence-corrected chi connectivity index (χ0v) is 17.5. The van der Waals surface area contributed by atoms with Gasteiger partial charge in [-0.3, -0.25) is 4.79 Å². The summed E-state index contributed by atoms with van der Waals surface area (Å²) in [5.41, 5.74) is 2.64. The Labute approximate surface area is 180 Å². The van der Waals surface area contributed by atoms with Crippen molar-refractivity contribution in [2.75, 3.05) is 30.4 Å². The molecule has 0 spiro atoms. The number of ether oxygens (including phenoxy) is 1. The minimum Gasteiger partial charge on any atom is -0.495 e. The number of nitrogens with zero attached hydrogens (tertiary/aromatic N) is 3. The zero-order valence-electron chi connectivity index (χ0n) is 16.7. The number of carbonyl (C=O) groups excluding carboxylic acids is 1. The number of aromatic nitrogens is 2. The lowest BCUT2D eigenvalue weighted by molar-refractivity contribution is -0.120. The van der Waals surface area contributed by atoms with Crippen LogP contribution in [0.2, 0.25) is 5.02 Å². The molecule has 1 aliphatic heterocycles. The number of carbonyl (C=O) groups is 1. The van der Waals surface area contributed by atoms with Gasteiger partial charge in [0.2, 0.25) is 5.91 Å². The van der Waals surface area contributed by atoms with Crippen molar-refractivity contribution in [1.82, 2.24) is 9.97 Å². The van der Waals surface area contributed by atoms with Crippen molar-refractivity contribution in [2.45, 2.75) is 12.8 Å². The van der Waals surface area contributed by atoms with Gasteiger partial charge in [0.05, 0.1) is 17.8 Å². The number of hydrogen-bond acceptors (Lipinski definition) is 5. The summed E-state index contributed by atoms with van der Waals surface area (Å²) < 4.78 is 5.15. The van der Waals surface area contributed by atoms with Gasteiger partial charge in [0, 0.05) is 36.3 Å². The fourth-order valence-electron chi connectivity index (χ4n) is 3.65. The summed E-state index contributed by atoms with van der Waals surface area (Å²) in [6.45, 7) is 1.54. The van der Waals surface area contributed by atoms with Crippen molar-refractivity contribution in [1.29, 1.82) is 0 Å². The van der Waals surface area contributed by atoms with Crippen molar-refractivity contribution in [3.8, 4) is 17.0 Å².